The smallest absolute Gasteiger partial charge is 0.185 e. The van der Waals surface area contributed by atoms with Gasteiger partial charge in [-0.15, -0.1) is 0 Å². The van der Waals surface area contributed by atoms with Crippen LogP contribution in [0.2, 0.25) is 0 Å². The quantitative estimate of drug-likeness (QED) is 0.803. The monoisotopic (exact) mass is 350 g/mol. The number of hydrogen-bond acceptors (Lipinski definition) is 5. The molecule has 0 spiro atoms. The van der Waals surface area contributed by atoms with Gasteiger partial charge in [-0.25, -0.2) is 4.39 Å². The molecule has 2 aromatic carbocycles. The van der Waals surface area contributed by atoms with E-state index in [0.717, 1.165) is 17.3 Å². The van der Waals surface area contributed by atoms with Crippen molar-refractivity contribution in [2.24, 2.45) is 0 Å². The number of thioether (sulfide) groups is 1. The summed E-state index contributed by atoms with van der Waals surface area (Å²) in [6.07, 6.45) is -2.10. The van der Waals surface area contributed by atoms with E-state index in [0.29, 0.717) is 11.3 Å². The number of halogens is 1. The molecule has 0 saturated carbocycles. The van der Waals surface area contributed by atoms with Crippen LogP contribution in [0.3, 0.4) is 0 Å². The largest absolute Gasteiger partial charge is 0.489 e. The van der Waals surface area contributed by atoms with E-state index in [1.807, 2.05) is 0 Å². The standard InChI is InChI=1S/C18H19FO4S/c1-12(20)24-11-17(21)18(22)14-5-7-16(8-6-14)23-10-13-3-2-4-15(19)9-13/h2-9,17-18,21-22H,10-11H2,1H3. The summed E-state index contributed by atoms with van der Waals surface area (Å²) in [6.45, 7) is 1.64. The lowest BCUT2D eigenvalue weighted by Crippen LogP contribution is -2.21. The average molecular weight is 350 g/mol. The predicted octanol–water partition coefficient (Wildman–Crippen LogP) is 3.08. The Morgan fingerprint density at radius 1 is 1.21 bits per heavy atom. The van der Waals surface area contributed by atoms with Gasteiger partial charge in [-0.3, -0.25) is 4.79 Å². The van der Waals surface area contributed by atoms with Gasteiger partial charge < -0.3 is 14.9 Å². The van der Waals surface area contributed by atoms with Gasteiger partial charge in [0.15, 0.2) is 5.12 Å². The number of benzene rings is 2. The lowest BCUT2D eigenvalue weighted by Gasteiger charge is -2.17. The molecule has 0 amide bonds. The third-order valence-corrected chi connectivity index (χ3v) is 4.25. The molecule has 0 aliphatic rings. The van der Waals surface area contributed by atoms with E-state index in [1.165, 1.54) is 19.1 Å². The molecule has 0 aromatic heterocycles. The van der Waals surface area contributed by atoms with Gasteiger partial charge in [0.25, 0.3) is 0 Å². The molecule has 0 fully saturated rings. The molecule has 0 bridgehead atoms. The lowest BCUT2D eigenvalue weighted by molar-refractivity contribution is -0.109. The first kappa shape index (κ1) is 18.4. The normalized spacial score (nSPS) is 13.3. The van der Waals surface area contributed by atoms with Crippen LogP contribution in [0.5, 0.6) is 5.75 Å². The molecule has 0 radical (unpaired) electrons. The molecular weight excluding hydrogens is 331 g/mol. The maximum absolute atomic E-state index is 13.1. The van der Waals surface area contributed by atoms with Gasteiger partial charge in [0.1, 0.15) is 24.3 Å². The number of hydrogen-bond donors (Lipinski definition) is 2. The van der Waals surface area contributed by atoms with Crippen molar-refractivity contribution >= 4 is 16.9 Å². The molecule has 24 heavy (non-hydrogen) atoms. The number of aliphatic hydroxyl groups excluding tert-OH is 2. The van der Waals surface area contributed by atoms with Crippen LogP contribution < -0.4 is 4.74 Å². The molecule has 2 N–H and O–H groups in total. The van der Waals surface area contributed by atoms with Crippen LogP contribution in [-0.2, 0) is 11.4 Å². The Bertz CT molecular complexity index is 675. The van der Waals surface area contributed by atoms with Crippen molar-refractivity contribution in [2.45, 2.75) is 25.7 Å². The van der Waals surface area contributed by atoms with E-state index in [9.17, 15) is 19.4 Å². The fourth-order valence-corrected chi connectivity index (χ4v) is 2.66. The minimum Gasteiger partial charge on any atom is -0.489 e. The third kappa shape index (κ3) is 5.63. The van der Waals surface area contributed by atoms with Gasteiger partial charge in [-0.1, -0.05) is 36.0 Å². The summed E-state index contributed by atoms with van der Waals surface area (Å²) in [5.74, 6) is 0.392. The lowest BCUT2D eigenvalue weighted by atomic mass is 10.1. The highest BCUT2D eigenvalue weighted by Gasteiger charge is 2.19. The average Bonchev–Trinajstić information content (AvgIpc) is 2.57. The topological polar surface area (TPSA) is 66.8 Å². The van der Waals surface area contributed by atoms with E-state index >= 15 is 0 Å². The van der Waals surface area contributed by atoms with Crippen molar-refractivity contribution in [2.75, 3.05) is 5.75 Å². The second kappa shape index (κ2) is 8.82. The van der Waals surface area contributed by atoms with Gasteiger partial charge in [0, 0.05) is 12.7 Å². The van der Waals surface area contributed by atoms with Gasteiger partial charge in [0.2, 0.25) is 0 Å². The highest BCUT2D eigenvalue weighted by atomic mass is 32.2. The van der Waals surface area contributed by atoms with Gasteiger partial charge >= 0.3 is 0 Å². The summed E-state index contributed by atoms with van der Waals surface area (Å²) in [5, 5.41) is 19.8. The second-order valence-corrected chi connectivity index (χ2v) is 6.50. The molecule has 0 aliphatic carbocycles. The van der Waals surface area contributed by atoms with Crippen molar-refractivity contribution in [1.29, 1.82) is 0 Å². The van der Waals surface area contributed by atoms with Crippen molar-refractivity contribution in [3.05, 3.63) is 65.5 Å². The molecular formula is C18H19FO4S. The molecule has 2 unspecified atom stereocenters. The van der Waals surface area contributed by atoms with Crippen molar-refractivity contribution < 1.29 is 24.1 Å². The fourth-order valence-electron chi connectivity index (χ4n) is 2.07. The number of carbonyl (C=O) groups is 1. The summed E-state index contributed by atoms with van der Waals surface area (Å²) in [5.41, 5.74) is 1.25. The zero-order valence-corrected chi connectivity index (χ0v) is 14.0. The van der Waals surface area contributed by atoms with E-state index in [2.05, 4.69) is 0 Å². The number of ether oxygens (including phenoxy) is 1. The zero-order chi connectivity index (χ0) is 17.5. The highest BCUT2D eigenvalue weighted by molar-refractivity contribution is 8.13. The van der Waals surface area contributed by atoms with Gasteiger partial charge in [0.05, 0.1) is 6.10 Å². The molecule has 128 valence electrons. The third-order valence-electron chi connectivity index (χ3n) is 3.34. The van der Waals surface area contributed by atoms with E-state index in [-0.39, 0.29) is 23.3 Å². The molecule has 4 nitrogen and oxygen atoms in total. The Labute approximate surface area is 144 Å². The number of rotatable bonds is 7. The van der Waals surface area contributed by atoms with E-state index < -0.39 is 12.2 Å². The van der Waals surface area contributed by atoms with E-state index in [1.54, 1.807) is 36.4 Å². The Balaban J connectivity index is 1.91. The molecule has 2 atom stereocenters. The van der Waals surface area contributed by atoms with Crippen molar-refractivity contribution in [3.8, 4) is 5.75 Å². The van der Waals surface area contributed by atoms with Gasteiger partial charge in [-0.2, -0.15) is 0 Å². The van der Waals surface area contributed by atoms with Crippen LogP contribution in [0.4, 0.5) is 4.39 Å². The Hall–Kier alpha value is -1.89. The first-order valence-corrected chi connectivity index (χ1v) is 8.41. The minimum atomic E-state index is -1.07. The summed E-state index contributed by atoms with van der Waals surface area (Å²) in [7, 11) is 0. The van der Waals surface area contributed by atoms with Crippen LogP contribution >= 0.6 is 11.8 Å². The van der Waals surface area contributed by atoms with Crippen LogP contribution in [0.15, 0.2) is 48.5 Å². The minimum absolute atomic E-state index is 0.109. The second-order valence-electron chi connectivity index (χ2n) is 5.30. The summed E-state index contributed by atoms with van der Waals surface area (Å²) < 4.78 is 18.7. The Morgan fingerprint density at radius 3 is 2.54 bits per heavy atom. The van der Waals surface area contributed by atoms with Crippen molar-refractivity contribution in [1.82, 2.24) is 0 Å². The van der Waals surface area contributed by atoms with Crippen LogP contribution in [0.1, 0.15) is 24.2 Å². The van der Waals surface area contributed by atoms with E-state index in [4.69, 9.17) is 4.74 Å². The molecule has 0 saturated heterocycles. The molecule has 2 aromatic rings. The molecule has 0 aliphatic heterocycles. The molecule has 6 heteroatoms. The fraction of sp³-hybridized carbons (Fsp3) is 0.278. The first-order chi connectivity index (χ1) is 11.5. The number of carbonyl (C=O) groups excluding carboxylic acids is 1. The molecule has 2 rings (SSSR count). The summed E-state index contributed by atoms with van der Waals surface area (Å²) in [4.78, 5) is 10.9. The maximum Gasteiger partial charge on any atom is 0.185 e. The zero-order valence-electron chi connectivity index (χ0n) is 13.2. The Kier molecular flexibility index (Phi) is 6.78. The van der Waals surface area contributed by atoms with Crippen molar-refractivity contribution in [3.63, 3.8) is 0 Å². The number of aliphatic hydroxyl groups is 2. The van der Waals surface area contributed by atoms with Crippen LogP contribution in [-0.4, -0.2) is 27.2 Å². The first-order valence-electron chi connectivity index (χ1n) is 7.42. The summed E-state index contributed by atoms with van der Waals surface area (Å²) >= 11 is 0.968. The van der Waals surface area contributed by atoms with Crippen LogP contribution in [0, 0.1) is 5.82 Å². The molecule has 0 heterocycles. The maximum atomic E-state index is 13.1. The Morgan fingerprint density at radius 2 is 1.92 bits per heavy atom. The van der Waals surface area contributed by atoms with Gasteiger partial charge in [-0.05, 0) is 35.4 Å². The SMILES string of the molecule is CC(=O)SCC(O)C(O)c1ccc(OCc2cccc(F)c2)cc1. The predicted molar refractivity (Wildman–Crippen MR) is 91.3 cm³/mol. The van der Waals surface area contributed by atoms with Crippen LogP contribution in [0.25, 0.3) is 0 Å². The highest BCUT2D eigenvalue weighted by Crippen LogP contribution is 2.23. The summed E-state index contributed by atoms with van der Waals surface area (Å²) in [6, 6.07) is 12.8.